The fourth-order valence-corrected chi connectivity index (χ4v) is 3.52. The molecule has 144 valence electrons. The van der Waals surface area contributed by atoms with Gasteiger partial charge in [0.25, 0.3) is 0 Å². The number of hydrogen-bond acceptors (Lipinski definition) is 3. The van der Waals surface area contributed by atoms with Crippen LogP contribution in [0.3, 0.4) is 0 Å². The van der Waals surface area contributed by atoms with Crippen molar-refractivity contribution in [2.24, 2.45) is 5.92 Å². The van der Waals surface area contributed by atoms with E-state index in [1.807, 2.05) is 0 Å². The Hall–Kier alpha value is -2.12. The van der Waals surface area contributed by atoms with Crippen LogP contribution in [0.1, 0.15) is 29.2 Å². The van der Waals surface area contributed by atoms with Gasteiger partial charge in [-0.25, -0.2) is 4.68 Å². The molecule has 0 amide bonds. The summed E-state index contributed by atoms with van der Waals surface area (Å²) in [6, 6.07) is 2.83. The molecule has 0 spiro atoms. The van der Waals surface area contributed by atoms with Crippen LogP contribution >= 0.6 is 23.2 Å². The summed E-state index contributed by atoms with van der Waals surface area (Å²) in [6.07, 6.45) is -9.43. The molecule has 27 heavy (non-hydrogen) atoms. The molecule has 1 aliphatic carbocycles. The highest BCUT2D eigenvalue weighted by atomic mass is 35.5. The van der Waals surface area contributed by atoms with E-state index in [0.29, 0.717) is 12.1 Å². The first-order valence-electron chi connectivity index (χ1n) is 7.28. The Labute approximate surface area is 158 Å². The number of alkyl halides is 6. The molecule has 1 heterocycles. The third-order valence-corrected chi connectivity index (χ3v) is 4.78. The van der Waals surface area contributed by atoms with E-state index in [2.05, 4.69) is 5.10 Å². The zero-order chi connectivity index (χ0) is 20.3. The summed E-state index contributed by atoms with van der Waals surface area (Å²) >= 11 is 11.8. The molecule has 3 rings (SSSR count). The van der Waals surface area contributed by atoms with Crippen LogP contribution < -0.4 is 5.73 Å². The van der Waals surface area contributed by atoms with E-state index >= 15 is 0 Å². The third-order valence-electron chi connectivity index (χ3n) is 4.20. The molecule has 1 aliphatic rings. The molecule has 0 bridgehead atoms. The molecule has 0 aliphatic heterocycles. The Morgan fingerprint density at radius 3 is 2.11 bits per heavy atom. The second-order valence-electron chi connectivity index (χ2n) is 5.95. The van der Waals surface area contributed by atoms with Crippen LogP contribution in [0.25, 0.3) is 5.69 Å². The predicted molar refractivity (Wildman–Crippen MR) is 84.6 cm³/mol. The van der Waals surface area contributed by atoms with Gasteiger partial charge in [-0.2, -0.15) is 36.7 Å². The zero-order valence-corrected chi connectivity index (χ0v) is 14.5. The normalized spacial score (nSPS) is 19.8. The quantitative estimate of drug-likeness (QED) is 0.658. The average Bonchev–Trinajstić information content (AvgIpc) is 3.25. The van der Waals surface area contributed by atoms with E-state index in [4.69, 9.17) is 28.9 Å². The number of hydrogen-bond donors (Lipinski definition) is 1. The Kier molecular flexibility index (Phi) is 4.51. The van der Waals surface area contributed by atoms with Crippen molar-refractivity contribution < 1.29 is 26.3 Å². The van der Waals surface area contributed by atoms with Gasteiger partial charge in [-0.1, -0.05) is 23.2 Å². The monoisotopic (exact) mass is 428 g/mol. The van der Waals surface area contributed by atoms with Crippen LogP contribution in [-0.2, 0) is 6.18 Å². The van der Waals surface area contributed by atoms with E-state index in [9.17, 15) is 31.6 Å². The average molecular weight is 429 g/mol. The van der Waals surface area contributed by atoms with Gasteiger partial charge in [0, 0.05) is 11.5 Å². The maximum Gasteiger partial charge on any atom is 0.416 e. The maximum absolute atomic E-state index is 12.9. The highest BCUT2D eigenvalue weighted by Gasteiger charge is 2.58. The van der Waals surface area contributed by atoms with Crippen molar-refractivity contribution in [2.45, 2.75) is 24.7 Å². The Bertz CT molecular complexity index is 934. The molecule has 1 saturated carbocycles. The summed E-state index contributed by atoms with van der Waals surface area (Å²) in [4.78, 5) is 0. The number of nitrogen functional groups attached to an aromatic ring is 1. The van der Waals surface area contributed by atoms with Crippen molar-refractivity contribution in [1.29, 1.82) is 5.26 Å². The van der Waals surface area contributed by atoms with E-state index < -0.39 is 39.8 Å². The summed E-state index contributed by atoms with van der Waals surface area (Å²) in [7, 11) is 0. The molecular formula is C15H8Cl2F6N4. The Morgan fingerprint density at radius 1 is 1.15 bits per heavy atom. The van der Waals surface area contributed by atoms with Gasteiger partial charge < -0.3 is 5.73 Å². The minimum Gasteiger partial charge on any atom is -0.383 e. The number of nitrogens with zero attached hydrogens (tertiary/aromatic N) is 3. The third kappa shape index (κ3) is 3.41. The lowest BCUT2D eigenvalue weighted by Gasteiger charge is -2.13. The molecule has 2 N–H and O–H groups in total. The SMILES string of the molecule is N#Cc1nn(-c2c(Cl)cc(C(F)(F)F)cc2Cl)c(N)c1C1CC1C(F)(F)F. The van der Waals surface area contributed by atoms with Crippen molar-refractivity contribution in [1.82, 2.24) is 9.78 Å². The van der Waals surface area contributed by atoms with Gasteiger partial charge in [-0.3, -0.25) is 0 Å². The number of nitriles is 1. The first-order chi connectivity index (χ1) is 12.4. The molecule has 1 fully saturated rings. The lowest BCUT2D eigenvalue weighted by atomic mass is 10.1. The minimum absolute atomic E-state index is 0.119. The van der Waals surface area contributed by atoms with Crippen LogP contribution in [-0.4, -0.2) is 16.0 Å². The summed E-state index contributed by atoms with van der Waals surface area (Å²) in [5.41, 5.74) is 4.01. The lowest BCUT2D eigenvalue weighted by molar-refractivity contribution is -0.148. The summed E-state index contributed by atoms with van der Waals surface area (Å²) in [6.45, 7) is 0. The van der Waals surface area contributed by atoms with Gasteiger partial charge in [0.05, 0.1) is 21.5 Å². The van der Waals surface area contributed by atoms with Crippen LogP contribution in [0.2, 0.25) is 10.0 Å². The molecule has 2 atom stereocenters. The molecule has 1 aromatic heterocycles. The number of halogens is 8. The summed E-state index contributed by atoms with van der Waals surface area (Å²) in [5, 5.41) is 12.0. The number of anilines is 1. The maximum atomic E-state index is 12.9. The van der Waals surface area contributed by atoms with Crippen molar-refractivity contribution in [3.8, 4) is 11.8 Å². The molecule has 1 aromatic carbocycles. The van der Waals surface area contributed by atoms with E-state index in [1.54, 1.807) is 6.07 Å². The van der Waals surface area contributed by atoms with Crippen molar-refractivity contribution in [3.05, 3.63) is 39.0 Å². The molecule has 4 nitrogen and oxygen atoms in total. The minimum atomic E-state index is -4.71. The molecule has 0 radical (unpaired) electrons. The Morgan fingerprint density at radius 2 is 1.70 bits per heavy atom. The molecule has 2 unspecified atom stereocenters. The number of rotatable bonds is 2. The zero-order valence-electron chi connectivity index (χ0n) is 13.0. The fraction of sp³-hybridized carbons (Fsp3) is 0.333. The predicted octanol–water partition coefficient (Wildman–Crippen LogP) is 5.32. The van der Waals surface area contributed by atoms with Crippen molar-refractivity contribution in [3.63, 3.8) is 0 Å². The van der Waals surface area contributed by atoms with Gasteiger partial charge in [0.1, 0.15) is 17.6 Å². The van der Waals surface area contributed by atoms with Crippen LogP contribution in [0.5, 0.6) is 0 Å². The van der Waals surface area contributed by atoms with Crippen LogP contribution in [0, 0.1) is 17.2 Å². The number of nitrogens with two attached hydrogens (primary N) is 1. The van der Waals surface area contributed by atoms with Gasteiger partial charge in [0.15, 0.2) is 5.69 Å². The number of aromatic nitrogens is 2. The summed E-state index contributed by atoms with van der Waals surface area (Å²) < 4.78 is 77.9. The first kappa shape index (κ1) is 19.6. The molecular weight excluding hydrogens is 421 g/mol. The number of benzene rings is 1. The second-order valence-corrected chi connectivity index (χ2v) is 6.76. The Balaban J connectivity index is 2.12. The molecule has 12 heteroatoms. The summed E-state index contributed by atoms with van der Waals surface area (Å²) in [5.74, 6) is -3.05. The second kappa shape index (κ2) is 6.21. The topological polar surface area (TPSA) is 67.6 Å². The van der Waals surface area contributed by atoms with Gasteiger partial charge in [-0.05, 0) is 18.6 Å². The lowest BCUT2D eigenvalue weighted by Crippen LogP contribution is -2.12. The molecule has 2 aromatic rings. The largest absolute Gasteiger partial charge is 0.416 e. The van der Waals surface area contributed by atoms with Crippen LogP contribution in [0.15, 0.2) is 12.1 Å². The van der Waals surface area contributed by atoms with Crippen molar-refractivity contribution in [2.75, 3.05) is 5.73 Å². The smallest absolute Gasteiger partial charge is 0.383 e. The fourth-order valence-electron chi connectivity index (χ4n) is 2.87. The van der Waals surface area contributed by atoms with Gasteiger partial charge >= 0.3 is 12.4 Å². The molecule has 0 saturated heterocycles. The van der Waals surface area contributed by atoms with E-state index in [1.165, 1.54) is 0 Å². The highest BCUT2D eigenvalue weighted by Crippen LogP contribution is 2.58. The van der Waals surface area contributed by atoms with Crippen molar-refractivity contribution >= 4 is 29.0 Å². The van der Waals surface area contributed by atoms with Gasteiger partial charge in [0.2, 0.25) is 0 Å². The highest BCUT2D eigenvalue weighted by molar-refractivity contribution is 6.38. The van der Waals surface area contributed by atoms with E-state index in [-0.39, 0.29) is 29.2 Å². The standard InChI is InChI=1S/C15H8Cl2F6N4/c16-8-1-5(14(18,19)20)2-9(17)12(8)27-13(25)11(10(4-24)26-27)6-3-7(6)15(21,22)23/h1-2,6-7H,3,25H2. The van der Waals surface area contributed by atoms with Gasteiger partial charge in [-0.15, -0.1) is 0 Å². The van der Waals surface area contributed by atoms with E-state index in [0.717, 1.165) is 4.68 Å². The first-order valence-corrected chi connectivity index (χ1v) is 8.03. The van der Waals surface area contributed by atoms with Crippen LogP contribution in [0.4, 0.5) is 32.2 Å².